The molecule has 0 unspecified atom stereocenters. The molecule has 0 radical (unpaired) electrons. The van der Waals surface area contributed by atoms with Gasteiger partial charge >= 0.3 is 0 Å². The molecule has 2 aliphatic carbocycles. The van der Waals surface area contributed by atoms with Gasteiger partial charge in [0.1, 0.15) is 5.39 Å². The van der Waals surface area contributed by atoms with Crippen LogP contribution >= 0.6 is 0 Å². The van der Waals surface area contributed by atoms with Gasteiger partial charge in [-0.1, -0.05) is 0 Å². The number of anilines is 1. The van der Waals surface area contributed by atoms with E-state index in [2.05, 4.69) is 25.5 Å². The molecule has 6 heteroatoms. The first kappa shape index (κ1) is 10.1. The zero-order chi connectivity index (χ0) is 12.1. The lowest BCUT2D eigenvalue weighted by atomic mass is 10.1. The van der Waals surface area contributed by atoms with Crippen LogP contribution in [0.1, 0.15) is 25.7 Å². The Morgan fingerprint density at radius 3 is 2.67 bits per heavy atom. The Labute approximate surface area is 103 Å². The van der Waals surface area contributed by atoms with Crippen molar-refractivity contribution in [3.8, 4) is 0 Å². The Morgan fingerprint density at radius 1 is 1.28 bits per heavy atom. The minimum Gasteiger partial charge on any atom is -0.352 e. The minimum absolute atomic E-state index is 0.137. The van der Waals surface area contributed by atoms with Crippen LogP contribution in [0.2, 0.25) is 0 Å². The SMILES string of the molecule is O=c1[nH]c(NC(C2CC2)C2CC2)nc2[nH]ncc12. The van der Waals surface area contributed by atoms with Gasteiger partial charge in [-0.3, -0.25) is 14.9 Å². The number of hydrogen-bond acceptors (Lipinski definition) is 4. The Kier molecular flexibility index (Phi) is 2.00. The summed E-state index contributed by atoms with van der Waals surface area (Å²) in [7, 11) is 0. The highest BCUT2D eigenvalue weighted by Crippen LogP contribution is 2.45. The highest BCUT2D eigenvalue weighted by atomic mass is 16.1. The molecule has 4 rings (SSSR count). The summed E-state index contributed by atoms with van der Waals surface area (Å²) in [5.74, 6) is 2.10. The third-order valence-electron chi connectivity index (χ3n) is 3.88. The number of rotatable bonds is 4. The second-order valence-corrected chi connectivity index (χ2v) is 5.39. The fraction of sp³-hybridized carbons (Fsp3) is 0.583. The molecule has 2 saturated carbocycles. The molecule has 2 fully saturated rings. The quantitative estimate of drug-likeness (QED) is 0.756. The van der Waals surface area contributed by atoms with Crippen LogP contribution in [0.4, 0.5) is 5.95 Å². The summed E-state index contributed by atoms with van der Waals surface area (Å²) in [6.45, 7) is 0. The fourth-order valence-electron chi connectivity index (χ4n) is 2.60. The first-order chi connectivity index (χ1) is 8.81. The molecule has 2 aromatic heterocycles. The van der Waals surface area contributed by atoms with Crippen LogP contribution in [0.25, 0.3) is 11.0 Å². The number of nitrogens with one attached hydrogen (secondary N) is 3. The summed E-state index contributed by atoms with van der Waals surface area (Å²) >= 11 is 0. The molecule has 0 atom stereocenters. The second kappa shape index (κ2) is 3.57. The van der Waals surface area contributed by atoms with Crippen molar-refractivity contribution >= 4 is 17.0 Å². The normalized spacial score (nSPS) is 19.6. The van der Waals surface area contributed by atoms with Gasteiger partial charge < -0.3 is 5.32 Å². The number of fused-ring (bicyclic) bond motifs is 1. The number of hydrogen-bond donors (Lipinski definition) is 3. The van der Waals surface area contributed by atoms with E-state index < -0.39 is 0 Å². The topological polar surface area (TPSA) is 86.5 Å². The van der Waals surface area contributed by atoms with Crippen LogP contribution in [-0.2, 0) is 0 Å². The van der Waals surface area contributed by atoms with Crippen molar-refractivity contribution in [1.82, 2.24) is 20.2 Å². The molecule has 0 aromatic carbocycles. The lowest BCUT2D eigenvalue weighted by Gasteiger charge is -2.17. The average molecular weight is 245 g/mol. The van der Waals surface area contributed by atoms with Gasteiger partial charge in [0, 0.05) is 6.04 Å². The van der Waals surface area contributed by atoms with Crippen molar-refractivity contribution in [3.05, 3.63) is 16.6 Å². The van der Waals surface area contributed by atoms with Crippen molar-refractivity contribution in [2.75, 3.05) is 5.32 Å². The van der Waals surface area contributed by atoms with E-state index in [0.717, 1.165) is 11.8 Å². The third-order valence-corrected chi connectivity index (χ3v) is 3.88. The van der Waals surface area contributed by atoms with Crippen LogP contribution in [0.5, 0.6) is 0 Å². The van der Waals surface area contributed by atoms with Crippen LogP contribution in [-0.4, -0.2) is 26.2 Å². The first-order valence-electron chi connectivity index (χ1n) is 6.51. The number of aromatic amines is 2. The molecule has 2 aromatic rings. The van der Waals surface area contributed by atoms with Crippen molar-refractivity contribution < 1.29 is 0 Å². The van der Waals surface area contributed by atoms with Gasteiger partial charge in [0.05, 0.1) is 6.20 Å². The van der Waals surface area contributed by atoms with E-state index in [4.69, 9.17) is 0 Å². The van der Waals surface area contributed by atoms with Crippen LogP contribution < -0.4 is 10.9 Å². The van der Waals surface area contributed by atoms with Gasteiger partial charge in [0.2, 0.25) is 5.95 Å². The van der Waals surface area contributed by atoms with Gasteiger partial charge in [0.15, 0.2) is 5.65 Å². The molecule has 0 spiro atoms. The smallest absolute Gasteiger partial charge is 0.263 e. The highest BCUT2D eigenvalue weighted by Gasteiger charge is 2.41. The molecule has 18 heavy (non-hydrogen) atoms. The summed E-state index contributed by atoms with van der Waals surface area (Å²) in [6.07, 6.45) is 6.69. The standard InChI is InChI=1S/C12H15N5O/c18-11-8-5-13-17-10(8)15-12(16-11)14-9(6-1-2-6)7-3-4-7/h5-7,9H,1-4H2,(H3,13,14,15,16,17,18). The van der Waals surface area contributed by atoms with Crippen molar-refractivity contribution in [3.63, 3.8) is 0 Å². The molecule has 0 amide bonds. The molecular formula is C12H15N5O. The third kappa shape index (κ3) is 1.68. The van der Waals surface area contributed by atoms with Crippen LogP contribution in [0.15, 0.2) is 11.0 Å². The molecule has 0 saturated heterocycles. The second-order valence-electron chi connectivity index (χ2n) is 5.39. The number of H-pyrrole nitrogens is 2. The summed E-state index contributed by atoms with van der Waals surface area (Å²) in [5.41, 5.74) is 0.410. The molecule has 0 aliphatic heterocycles. The first-order valence-corrected chi connectivity index (χ1v) is 6.51. The molecule has 3 N–H and O–H groups in total. The van der Waals surface area contributed by atoms with Crippen LogP contribution in [0, 0.1) is 11.8 Å². The lowest BCUT2D eigenvalue weighted by Crippen LogP contribution is -2.27. The lowest BCUT2D eigenvalue weighted by molar-refractivity contribution is 0.563. The summed E-state index contributed by atoms with van der Waals surface area (Å²) in [6, 6.07) is 0.480. The van der Waals surface area contributed by atoms with Gasteiger partial charge in [0.25, 0.3) is 5.56 Å². The highest BCUT2D eigenvalue weighted by molar-refractivity contribution is 5.73. The van der Waals surface area contributed by atoms with E-state index in [1.165, 1.54) is 31.9 Å². The summed E-state index contributed by atoms with van der Waals surface area (Å²) in [5, 5.41) is 10.5. The Balaban J connectivity index is 1.66. The predicted molar refractivity (Wildman–Crippen MR) is 67.4 cm³/mol. The number of nitrogens with zero attached hydrogens (tertiary/aromatic N) is 2. The molecular weight excluding hydrogens is 230 g/mol. The molecule has 0 bridgehead atoms. The number of aromatic nitrogens is 4. The van der Waals surface area contributed by atoms with E-state index >= 15 is 0 Å². The van der Waals surface area contributed by atoms with E-state index in [-0.39, 0.29) is 5.56 Å². The Hall–Kier alpha value is -1.85. The monoisotopic (exact) mass is 245 g/mol. The molecule has 6 nitrogen and oxygen atoms in total. The Morgan fingerprint density at radius 2 is 2.00 bits per heavy atom. The Bertz CT molecular complexity index is 625. The zero-order valence-corrected chi connectivity index (χ0v) is 9.94. The minimum atomic E-state index is -0.137. The molecule has 2 heterocycles. The van der Waals surface area contributed by atoms with Gasteiger partial charge in [-0.15, -0.1) is 0 Å². The fourth-order valence-corrected chi connectivity index (χ4v) is 2.60. The van der Waals surface area contributed by atoms with E-state index in [0.29, 0.717) is 23.0 Å². The summed E-state index contributed by atoms with van der Waals surface area (Å²) < 4.78 is 0. The maximum absolute atomic E-state index is 11.8. The van der Waals surface area contributed by atoms with Crippen molar-refractivity contribution in [1.29, 1.82) is 0 Å². The van der Waals surface area contributed by atoms with Gasteiger partial charge in [-0.25, -0.2) is 0 Å². The molecule has 2 aliphatic rings. The zero-order valence-electron chi connectivity index (χ0n) is 9.94. The maximum atomic E-state index is 11.8. The van der Waals surface area contributed by atoms with Crippen molar-refractivity contribution in [2.45, 2.75) is 31.7 Å². The van der Waals surface area contributed by atoms with E-state index in [1.54, 1.807) is 0 Å². The predicted octanol–water partition coefficient (Wildman–Crippen LogP) is 1.25. The average Bonchev–Trinajstić information content (AvgIpc) is 3.25. The van der Waals surface area contributed by atoms with E-state index in [9.17, 15) is 4.79 Å². The largest absolute Gasteiger partial charge is 0.352 e. The van der Waals surface area contributed by atoms with Crippen molar-refractivity contribution in [2.24, 2.45) is 11.8 Å². The molecule has 94 valence electrons. The van der Waals surface area contributed by atoms with Crippen LogP contribution in [0.3, 0.4) is 0 Å². The van der Waals surface area contributed by atoms with Gasteiger partial charge in [-0.2, -0.15) is 10.1 Å². The maximum Gasteiger partial charge on any atom is 0.263 e. The van der Waals surface area contributed by atoms with E-state index in [1.807, 2.05) is 0 Å². The van der Waals surface area contributed by atoms with Gasteiger partial charge in [-0.05, 0) is 37.5 Å². The summed E-state index contributed by atoms with van der Waals surface area (Å²) in [4.78, 5) is 19.0.